The van der Waals surface area contributed by atoms with Crippen molar-refractivity contribution in [2.24, 2.45) is 0 Å². The maximum atomic E-state index is 12.9. The second-order valence-corrected chi connectivity index (χ2v) is 6.26. The molecule has 0 radical (unpaired) electrons. The van der Waals surface area contributed by atoms with Gasteiger partial charge in [-0.3, -0.25) is 9.59 Å². The van der Waals surface area contributed by atoms with Gasteiger partial charge in [0.2, 0.25) is 0 Å². The zero-order chi connectivity index (χ0) is 15.9. The standard InChI is InChI=1S/C16H18ClNO4/c1-10-9-11(17)3-4-12(10)13-14(19)16(22-15(13)20)5-7-18(21-2)8-6-16/h3-4,9,13H,5-8H2,1-2H3. The average molecular weight is 324 g/mol. The number of hydrogen-bond donors (Lipinski definition) is 0. The van der Waals surface area contributed by atoms with Gasteiger partial charge in [0, 0.05) is 31.0 Å². The number of carbonyl (C=O) groups excluding carboxylic acids is 2. The van der Waals surface area contributed by atoms with Crippen LogP contribution in [-0.4, -0.2) is 42.6 Å². The van der Waals surface area contributed by atoms with E-state index in [0.29, 0.717) is 36.5 Å². The van der Waals surface area contributed by atoms with Crippen LogP contribution in [0.15, 0.2) is 18.2 Å². The van der Waals surface area contributed by atoms with E-state index in [1.54, 1.807) is 30.4 Å². The van der Waals surface area contributed by atoms with Gasteiger partial charge < -0.3 is 9.57 Å². The molecule has 2 fully saturated rings. The van der Waals surface area contributed by atoms with Gasteiger partial charge in [-0.15, -0.1) is 0 Å². The number of piperidine rings is 1. The van der Waals surface area contributed by atoms with E-state index in [0.717, 1.165) is 5.56 Å². The number of carbonyl (C=O) groups is 2. The zero-order valence-electron chi connectivity index (χ0n) is 12.6. The van der Waals surface area contributed by atoms with Gasteiger partial charge in [-0.1, -0.05) is 17.7 Å². The van der Waals surface area contributed by atoms with E-state index in [1.807, 2.05) is 6.92 Å². The minimum atomic E-state index is -0.997. The predicted octanol–water partition coefficient (Wildman–Crippen LogP) is 2.25. The molecule has 1 aromatic rings. The van der Waals surface area contributed by atoms with Gasteiger partial charge in [-0.25, -0.2) is 0 Å². The van der Waals surface area contributed by atoms with Crippen molar-refractivity contribution < 1.29 is 19.2 Å². The van der Waals surface area contributed by atoms with Gasteiger partial charge in [0.15, 0.2) is 11.4 Å². The minimum absolute atomic E-state index is 0.140. The van der Waals surface area contributed by atoms with E-state index in [1.165, 1.54) is 0 Å². The Balaban J connectivity index is 1.89. The quantitative estimate of drug-likeness (QED) is 0.617. The number of nitrogens with zero attached hydrogens (tertiary/aromatic N) is 1. The van der Waals surface area contributed by atoms with E-state index >= 15 is 0 Å². The van der Waals surface area contributed by atoms with Crippen molar-refractivity contribution in [3.63, 3.8) is 0 Å². The number of halogens is 1. The number of Topliss-reactive ketones (excluding diaryl/α,β-unsaturated/α-hetero) is 1. The number of ether oxygens (including phenoxy) is 1. The Morgan fingerprint density at radius 3 is 2.59 bits per heavy atom. The molecule has 118 valence electrons. The molecule has 2 aliphatic rings. The van der Waals surface area contributed by atoms with E-state index in [9.17, 15) is 9.59 Å². The van der Waals surface area contributed by atoms with Crippen molar-refractivity contribution in [1.82, 2.24) is 5.06 Å². The van der Waals surface area contributed by atoms with Crippen molar-refractivity contribution in [2.45, 2.75) is 31.3 Å². The van der Waals surface area contributed by atoms with Crippen molar-refractivity contribution in [2.75, 3.05) is 20.2 Å². The lowest BCUT2D eigenvalue weighted by Crippen LogP contribution is -2.48. The fourth-order valence-electron chi connectivity index (χ4n) is 3.28. The summed E-state index contributed by atoms with van der Waals surface area (Å²) in [7, 11) is 1.60. The summed E-state index contributed by atoms with van der Waals surface area (Å²) in [5.41, 5.74) is 0.516. The van der Waals surface area contributed by atoms with Crippen molar-refractivity contribution in [3.8, 4) is 0 Å². The van der Waals surface area contributed by atoms with Crippen LogP contribution in [-0.2, 0) is 19.2 Å². The summed E-state index contributed by atoms with van der Waals surface area (Å²) >= 11 is 5.95. The Bertz CT molecular complexity index is 623. The lowest BCUT2D eigenvalue weighted by atomic mass is 9.81. The highest BCUT2D eigenvalue weighted by Crippen LogP contribution is 2.41. The number of benzene rings is 1. The van der Waals surface area contributed by atoms with Crippen LogP contribution < -0.4 is 0 Å². The van der Waals surface area contributed by atoms with E-state index in [4.69, 9.17) is 21.2 Å². The summed E-state index contributed by atoms with van der Waals surface area (Å²) in [5.74, 6) is -1.44. The maximum absolute atomic E-state index is 12.9. The number of hydroxylamine groups is 2. The molecule has 1 aromatic carbocycles. The highest BCUT2D eigenvalue weighted by molar-refractivity contribution is 6.30. The summed E-state index contributed by atoms with van der Waals surface area (Å²) in [4.78, 5) is 30.4. The normalized spacial score (nSPS) is 24.8. The third kappa shape index (κ3) is 2.43. The molecule has 6 heteroatoms. The summed E-state index contributed by atoms with van der Waals surface area (Å²) in [5, 5.41) is 2.36. The Hall–Kier alpha value is -1.43. The Labute approximate surface area is 134 Å². The third-order valence-corrected chi connectivity index (χ3v) is 4.81. The molecule has 0 aromatic heterocycles. The molecule has 2 saturated heterocycles. The summed E-state index contributed by atoms with van der Waals surface area (Å²) in [6.45, 7) is 2.99. The molecular weight excluding hydrogens is 306 g/mol. The first-order valence-electron chi connectivity index (χ1n) is 7.29. The van der Waals surface area contributed by atoms with Crippen LogP contribution in [0.3, 0.4) is 0 Å². The van der Waals surface area contributed by atoms with E-state index in [-0.39, 0.29) is 5.78 Å². The van der Waals surface area contributed by atoms with Gasteiger partial charge in [0.05, 0.1) is 7.11 Å². The van der Waals surface area contributed by atoms with Gasteiger partial charge in [0.1, 0.15) is 5.92 Å². The Morgan fingerprint density at radius 2 is 2.00 bits per heavy atom. The van der Waals surface area contributed by atoms with Crippen LogP contribution in [0.5, 0.6) is 0 Å². The average Bonchev–Trinajstić information content (AvgIpc) is 2.72. The van der Waals surface area contributed by atoms with E-state index < -0.39 is 17.5 Å². The molecule has 0 bridgehead atoms. The smallest absolute Gasteiger partial charge is 0.322 e. The van der Waals surface area contributed by atoms with Gasteiger partial charge in [0.25, 0.3) is 0 Å². The third-order valence-electron chi connectivity index (χ3n) is 4.57. The highest BCUT2D eigenvalue weighted by atomic mass is 35.5. The molecular formula is C16H18ClNO4. The largest absolute Gasteiger partial charge is 0.450 e. The number of aryl methyl sites for hydroxylation is 1. The summed E-state index contributed by atoms with van der Waals surface area (Å²) in [6.07, 6.45) is 0.934. The monoisotopic (exact) mass is 323 g/mol. The lowest BCUT2D eigenvalue weighted by Gasteiger charge is -2.35. The Morgan fingerprint density at radius 1 is 1.32 bits per heavy atom. The van der Waals surface area contributed by atoms with Crippen LogP contribution in [0.4, 0.5) is 0 Å². The first-order chi connectivity index (χ1) is 10.5. The Kier molecular flexibility index (Phi) is 3.97. The number of ketones is 1. The molecule has 2 heterocycles. The highest BCUT2D eigenvalue weighted by Gasteiger charge is 2.56. The van der Waals surface area contributed by atoms with Crippen LogP contribution >= 0.6 is 11.6 Å². The van der Waals surface area contributed by atoms with Crippen LogP contribution in [0.2, 0.25) is 5.02 Å². The summed E-state index contributed by atoms with van der Waals surface area (Å²) < 4.78 is 5.54. The lowest BCUT2D eigenvalue weighted by molar-refractivity contribution is -0.184. The topological polar surface area (TPSA) is 55.8 Å². The SMILES string of the molecule is CON1CCC2(CC1)OC(=O)C(c1ccc(Cl)cc1C)C2=O. The number of rotatable bonds is 2. The van der Waals surface area contributed by atoms with Crippen molar-refractivity contribution >= 4 is 23.4 Å². The molecule has 2 aliphatic heterocycles. The fourth-order valence-corrected chi connectivity index (χ4v) is 3.51. The molecule has 1 unspecified atom stereocenters. The second kappa shape index (κ2) is 5.65. The minimum Gasteiger partial charge on any atom is -0.450 e. The molecule has 0 N–H and O–H groups in total. The van der Waals surface area contributed by atoms with Crippen LogP contribution in [0.25, 0.3) is 0 Å². The molecule has 1 spiro atoms. The molecule has 0 amide bonds. The first kappa shape index (κ1) is 15.5. The van der Waals surface area contributed by atoms with Gasteiger partial charge in [-0.05, 0) is 30.2 Å². The fraction of sp³-hybridized carbons (Fsp3) is 0.500. The molecule has 3 rings (SSSR count). The van der Waals surface area contributed by atoms with Crippen molar-refractivity contribution in [3.05, 3.63) is 34.3 Å². The van der Waals surface area contributed by atoms with Crippen LogP contribution in [0.1, 0.15) is 29.9 Å². The number of esters is 1. The molecule has 0 saturated carbocycles. The van der Waals surface area contributed by atoms with Crippen molar-refractivity contribution in [1.29, 1.82) is 0 Å². The zero-order valence-corrected chi connectivity index (χ0v) is 13.4. The molecule has 5 nitrogen and oxygen atoms in total. The predicted molar refractivity (Wildman–Crippen MR) is 80.6 cm³/mol. The van der Waals surface area contributed by atoms with Crippen LogP contribution in [0, 0.1) is 6.92 Å². The number of hydrogen-bond acceptors (Lipinski definition) is 5. The van der Waals surface area contributed by atoms with Gasteiger partial charge in [-0.2, -0.15) is 5.06 Å². The molecule has 22 heavy (non-hydrogen) atoms. The van der Waals surface area contributed by atoms with Gasteiger partial charge >= 0.3 is 5.97 Å². The second-order valence-electron chi connectivity index (χ2n) is 5.83. The summed E-state index contributed by atoms with van der Waals surface area (Å²) in [6, 6.07) is 5.20. The molecule has 1 atom stereocenters. The van der Waals surface area contributed by atoms with E-state index in [2.05, 4.69) is 0 Å². The first-order valence-corrected chi connectivity index (χ1v) is 7.67. The maximum Gasteiger partial charge on any atom is 0.322 e. The molecule has 0 aliphatic carbocycles.